The van der Waals surface area contributed by atoms with E-state index >= 15 is 0 Å². The largest absolute Gasteiger partial charge is 0.481 e. The molecule has 3 nitrogen and oxygen atoms in total. The summed E-state index contributed by atoms with van der Waals surface area (Å²) in [4.78, 5) is 19.0. The number of carboxylic acids is 1. The van der Waals surface area contributed by atoms with Gasteiger partial charge in [0.2, 0.25) is 0 Å². The zero-order valence-corrected chi connectivity index (χ0v) is 7.64. The van der Waals surface area contributed by atoms with Crippen molar-refractivity contribution in [2.45, 2.75) is 19.8 Å². The van der Waals surface area contributed by atoms with E-state index in [0.717, 1.165) is 19.6 Å². The predicted molar refractivity (Wildman–Crippen MR) is 50.4 cm³/mol. The highest BCUT2D eigenvalue weighted by atomic mass is 16.4. The van der Waals surface area contributed by atoms with Crippen LogP contribution < -0.4 is 0 Å². The van der Waals surface area contributed by atoms with Crippen molar-refractivity contribution in [2.24, 2.45) is 5.92 Å². The SMILES string of the molecule is CC(=O)O.O=CCC1C=CCC=C1. The molecule has 3 heteroatoms. The Morgan fingerprint density at radius 3 is 2.38 bits per heavy atom. The van der Waals surface area contributed by atoms with Crippen molar-refractivity contribution >= 4 is 12.3 Å². The van der Waals surface area contributed by atoms with Gasteiger partial charge >= 0.3 is 0 Å². The van der Waals surface area contributed by atoms with E-state index in [4.69, 9.17) is 9.90 Å². The van der Waals surface area contributed by atoms with Gasteiger partial charge in [0.1, 0.15) is 6.29 Å². The van der Waals surface area contributed by atoms with Gasteiger partial charge < -0.3 is 9.90 Å². The molecule has 0 aromatic rings. The molecule has 0 amide bonds. The molecule has 0 saturated heterocycles. The molecule has 0 aliphatic heterocycles. The highest BCUT2D eigenvalue weighted by Gasteiger charge is 1.99. The Hall–Kier alpha value is -1.38. The quantitative estimate of drug-likeness (QED) is 0.523. The van der Waals surface area contributed by atoms with E-state index in [0.29, 0.717) is 12.3 Å². The number of aldehydes is 1. The standard InChI is InChI=1S/C8H10O.C2H4O2/c9-7-6-8-4-2-1-3-5-8;1-2(3)4/h2-5,7-8H,1,6H2;1H3,(H,3,4). The van der Waals surface area contributed by atoms with Crippen LogP contribution in [0.15, 0.2) is 24.3 Å². The molecule has 0 saturated carbocycles. The van der Waals surface area contributed by atoms with E-state index in [1.807, 2.05) is 0 Å². The van der Waals surface area contributed by atoms with Gasteiger partial charge in [-0.1, -0.05) is 24.3 Å². The lowest BCUT2D eigenvalue weighted by molar-refractivity contribution is -0.134. The van der Waals surface area contributed by atoms with Crippen LogP contribution in [0.1, 0.15) is 19.8 Å². The lowest BCUT2D eigenvalue weighted by Crippen LogP contribution is -1.94. The third-order valence-corrected chi connectivity index (χ3v) is 1.41. The molecule has 13 heavy (non-hydrogen) atoms. The molecule has 0 aromatic heterocycles. The highest BCUT2D eigenvalue weighted by Crippen LogP contribution is 2.10. The van der Waals surface area contributed by atoms with Gasteiger partial charge in [-0.15, -0.1) is 0 Å². The Morgan fingerprint density at radius 2 is 2.00 bits per heavy atom. The molecule has 72 valence electrons. The maximum atomic E-state index is 10.0. The topological polar surface area (TPSA) is 54.4 Å². The van der Waals surface area contributed by atoms with Crippen molar-refractivity contribution in [2.75, 3.05) is 0 Å². The van der Waals surface area contributed by atoms with Crippen molar-refractivity contribution in [3.63, 3.8) is 0 Å². The van der Waals surface area contributed by atoms with Crippen molar-refractivity contribution in [1.82, 2.24) is 0 Å². The fraction of sp³-hybridized carbons (Fsp3) is 0.400. The number of rotatable bonds is 2. The second kappa shape index (κ2) is 7.28. The number of allylic oxidation sites excluding steroid dienone is 4. The van der Waals surface area contributed by atoms with Crippen LogP contribution in [0.25, 0.3) is 0 Å². The van der Waals surface area contributed by atoms with Gasteiger partial charge in [0.25, 0.3) is 5.97 Å². The van der Waals surface area contributed by atoms with Crippen molar-refractivity contribution in [3.05, 3.63) is 24.3 Å². The van der Waals surface area contributed by atoms with Crippen molar-refractivity contribution in [3.8, 4) is 0 Å². The molecular weight excluding hydrogens is 168 g/mol. The van der Waals surface area contributed by atoms with E-state index in [1.165, 1.54) is 0 Å². The normalized spacial score (nSPS) is 14.5. The lowest BCUT2D eigenvalue weighted by Gasteiger charge is -2.04. The van der Waals surface area contributed by atoms with E-state index < -0.39 is 5.97 Å². The van der Waals surface area contributed by atoms with Crippen molar-refractivity contribution < 1.29 is 14.7 Å². The zero-order chi connectivity index (χ0) is 10.1. The second-order valence-electron chi connectivity index (χ2n) is 2.68. The minimum atomic E-state index is -0.833. The maximum absolute atomic E-state index is 10.0. The van der Waals surface area contributed by atoms with Crippen molar-refractivity contribution in [1.29, 1.82) is 0 Å². The molecule has 0 aromatic carbocycles. The van der Waals surface area contributed by atoms with Crippen LogP contribution >= 0.6 is 0 Å². The Labute approximate surface area is 77.8 Å². The summed E-state index contributed by atoms with van der Waals surface area (Å²) < 4.78 is 0. The average Bonchev–Trinajstić information content (AvgIpc) is 2.06. The van der Waals surface area contributed by atoms with E-state index in [2.05, 4.69) is 24.3 Å². The number of carboxylic acid groups (broad SMARTS) is 1. The van der Waals surface area contributed by atoms with E-state index in [-0.39, 0.29) is 0 Å². The fourth-order valence-electron chi connectivity index (χ4n) is 0.918. The lowest BCUT2D eigenvalue weighted by atomic mass is 10.0. The summed E-state index contributed by atoms with van der Waals surface area (Å²) in [7, 11) is 0. The van der Waals surface area contributed by atoms with Gasteiger partial charge in [0.15, 0.2) is 0 Å². The molecule has 0 bridgehead atoms. The van der Waals surface area contributed by atoms with Crippen LogP contribution in [0.4, 0.5) is 0 Å². The number of carbonyl (C=O) groups excluding carboxylic acids is 1. The first-order chi connectivity index (χ1) is 6.16. The number of hydrogen-bond donors (Lipinski definition) is 1. The molecule has 1 rings (SSSR count). The molecule has 0 heterocycles. The first kappa shape index (κ1) is 11.6. The van der Waals surface area contributed by atoms with Gasteiger partial charge in [0, 0.05) is 19.3 Å². The molecule has 1 N–H and O–H groups in total. The number of aliphatic carboxylic acids is 1. The summed E-state index contributed by atoms with van der Waals surface area (Å²) in [5, 5.41) is 7.42. The predicted octanol–water partition coefficient (Wildman–Crippen LogP) is 1.80. The van der Waals surface area contributed by atoms with Crippen LogP contribution in [0.3, 0.4) is 0 Å². The summed E-state index contributed by atoms with van der Waals surface area (Å²) in [6.07, 6.45) is 11.0. The van der Waals surface area contributed by atoms with Crippen LogP contribution in [0.5, 0.6) is 0 Å². The fourth-order valence-corrected chi connectivity index (χ4v) is 0.918. The molecule has 0 fully saturated rings. The average molecular weight is 182 g/mol. The van der Waals surface area contributed by atoms with Crippen LogP contribution in [-0.4, -0.2) is 17.4 Å². The Kier molecular flexibility index (Phi) is 6.51. The monoisotopic (exact) mass is 182 g/mol. The van der Waals surface area contributed by atoms with Crippen LogP contribution in [-0.2, 0) is 9.59 Å². The maximum Gasteiger partial charge on any atom is 0.300 e. The zero-order valence-electron chi connectivity index (χ0n) is 7.64. The molecule has 0 radical (unpaired) electrons. The van der Waals surface area contributed by atoms with E-state index in [1.54, 1.807) is 0 Å². The summed E-state index contributed by atoms with van der Waals surface area (Å²) in [5.74, 6) is -0.462. The third kappa shape index (κ3) is 8.53. The summed E-state index contributed by atoms with van der Waals surface area (Å²) >= 11 is 0. The van der Waals surface area contributed by atoms with Crippen LogP contribution in [0.2, 0.25) is 0 Å². The number of carbonyl (C=O) groups is 2. The van der Waals surface area contributed by atoms with E-state index in [9.17, 15) is 4.79 Å². The van der Waals surface area contributed by atoms with Gasteiger partial charge in [-0.25, -0.2) is 0 Å². The Balaban J connectivity index is 0.000000310. The first-order valence-corrected chi connectivity index (χ1v) is 4.13. The smallest absolute Gasteiger partial charge is 0.300 e. The minimum Gasteiger partial charge on any atom is -0.481 e. The third-order valence-electron chi connectivity index (χ3n) is 1.41. The summed E-state index contributed by atoms with van der Waals surface area (Å²) in [6, 6.07) is 0. The van der Waals surface area contributed by atoms with Crippen LogP contribution in [0, 0.1) is 5.92 Å². The summed E-state index contributed by atoms with van der Waals surface area (Å²) in [5.41, 5.74) is 0. The van der Waals surface area contributed by atoms with Gasteiger partial charge in [-0.3, -0.25) is 4.79 Å². The minimum absolute atomic E-state index is 0.372. The Morgan fingerprint density at radius 1 is 1.54 bits per heavy atom. The molecule has 1 aliphatic carbocycles. The second-order valence-corrected chi connectivity index (χ2v) is 2.68. The Bertz CT molecular complexity index is 200. The molecule has 0 spiro atoms. The van der Waals surface area contributed by atoms with Gasteiger partial charge in [-0.2, -0.15) is 0 Å². The molecule has 0 unspecified atom stereocenters. The van der Waals surface area contributed by atoms with Gasteiger partial charge in [-0.05, 0) is 6.42 Å². The van der Waals surface area contributed by atoms with Gasteiger partial charge in [0.05, 0.1) is 0 Å². The highest BCUT2D eigenvalue weighted by molar-refractivity contribution is 5.62. The first-order valence-electron chi connectivity index (χ1n) is 4.13. The molecule has 0 atom stereocenters. The molecular formula is C10H14O3. The number of hydrogen-bond acceptors (Lipinski definition) is 2. The summed E-state index contributed by atoms with van der Waals surface area (Å²) in [6.45, 7) is 1.08. The molecule has 1 aliphatic rings.